The fraction of sp³-hybridized carbons (Fsp3) is 0.462. The minimum atomic E-state index is -2.95. The molecule has 1 amide bonds. The number of halogens is 3. The van der Waals surface area contributed by atoms with Crippen molar-refractivity contribution >= 4 is 23.3 Å². The van der Waals surface area contributed by atoms with Gasteiger partial charge in [-0.05, 0) is 44.4 Å². The number of carbonyl (C=O) groups is 1. The summed E-state index contributed by atoms with van der Waals surface area (Å²) in [6.07, 6.45) is 5.20. The first-order valence-corrected chi connectivity index (χ1v) is 12.7. The molecule has 202 valence electrons. The molecule has 1 N–H and O–H groups in total. The quantitative estimate of drug-likeness (QED) is 0.439. The Morgan fingerprint density at radius 1 is 1.29 bits per heavy atom. The van der Waals surface area contributed by atoms with Crippen molar-refractivity contribution in [1.82, 2.24) is 24.4 Å². The van der Waals surface area contributed by atoms with Gasteiger partial charge in [-0.2, -0.15) is 13.8 Å². The molecule has 5 rings (SSSR count). The Morgan fingerprint density at radius 2 is 2.05 bits per heavy atom. The summed E-state index contributed by atoms with van der Waals surface area (Å²) in [5.74, 6) is 0.668. The number of pyridine rings is 2. The number of nitrogens with zero attached hydrogens (tertiary/aromatic N) is 5. The summed E-state index contributed by atoms with van der Waals surface area (Å²) in [4.78, 5) is 28.3. The second-order valence-electron chi connectivity index (χ2n) is 9.98. The molecule has 38 heavy (non-hydrogen) atoms. The summed E-state index contributed by atoms with van der Waals surface area (Å²) < 4.78 is 36.3. The molecule has 1 aliphatic carbocycles. The Balaban J connectivity index is 1.29. The molecule has 3 aromatic heterocycles. The van der Waals surface area contributed by atoms with Crippen LogP contribution in [-0.2, 0) is 11.8 Å². The summed E-state index contributed by atoms with van der Waals surface area (Å²) in [7, 11) is 3.12. The number of carbonyl (C=O) groups excluding carboxylic acids is 1. The number of aryl methyl sites for hydroxylation is 2. The second kappa shape index (κ2) is 10.0. The Labute approximate surface area is 224 Å². The van der Waals surface area contributed by atoms with Crippen LogP contribution < -0.4 is 14.8 Å². The van der Waals surface area contributed by atoms with Gasteiger partial charge in [-0.1, -0.05) is 11.6 Å². The van der Waals surface area contributed by atoms with E-state index in [1.54, 1.807) is 19.3 Å². The lowest BCUT2D eigenvalue weighted by Crippen LogP contribution is -2.34. The summed E-state index contributed by atoms with van der Waals surface area (Å²) in [6, 6.07) is 5.31. The molecule has 2 fully saturated rings. The summed E-state index contributed by atoms with van der Waals surface area (Å²) in [5.41, 5.74) is 2.62. The number of likely N-dealkylation sites (tertiary alicyclic amines) is 1. The van der Waals surface area contributed by atoms with Gasteiger partial charge in [0.15, 0.2) is 0 Å². The van der Waals surface area contributed by atoms with E-state index in [1.165, 1.54) is 17.9 Å². The third kappa shape index (κ3) is 4.99. The van der Waals surface area contributed by atoms with Crippen molar-refractivity contribution in [3.63, 3.8) is 0 Å². The van der Waals surface area contributed by atoms with Crippen molar-refractivity contribution < 1.29 is 23.0 Å². The van der Waals surface area contributed by atoms with E-state index in [9.17, 15) is 13.6 Å². The van der Waals surface area contributed by atoms with Gasteiger partial charge in [0.25, 0.3) is 0 Å². The van der Waals surface area contributed by atoms with Crippen LogP contribution in [-0.4, -0.2) is 63.2 Å². The van der Waals surface area contributed by atoms with Gasteiger partial charge in [0, 0.05) is 55.3 Å². The maximum atomic E-state index is 13.5. The fourth-order valence-corrected chi connectivity index (χ4v) is 5.41. The lowest BCUT2D eigenvalue weighted by molar-refractivity contribution is -0.131. The van der Waals surface area contributed by atoms with E-state index < -0.39 is 12.5 Å². The van der Waals surface area contributed by atoms with Crippen molar-refractivity contribution in [2.75, 3.05) is 25.5 Å². The van der Waals surface area contributed by atoms with Crippen LogP contribution >= 0.6 is 11.6 Å². The van der Waals surface area contributed by atoms with Gasteiger partial charge in [0.1, 0.15) is 5.82 Å². The van der Waals surface area contributed by atoms with Crippen LogP contribution in [0.3, 0.4) is 0 Å². The number of aromatic nitrogens is 4. The number of rotatable bonds is 8. The number of hydrogen-bond donors (Lipinski definition) is 1. The van der Waals surface area contributed by atoms with Crippen molar-refractivity contribution in [3.05, 3.63) is 46.9 Å². The molecule has 2 atom stereocenters. The number of nitrogens with one attached hydrogen (secondary N) is 1. The van der Waals surface area contributed by atoms with Crippen LogP contribution in [0, 0.1) is 12.3 Å². The van der Waals surface area contributed by atoms with E-state index in [0.29, 0.717) is 46.8 Å². The molecule has 0 unspecified atom stereocenters. The highest BCUT2D eigenvalue weighted by atomic mass is 35.5. The van der Waals surface area contributed by atoms with E-state index >= 15 is 0 Å². The Morgan fingerprint density at radius 3 is 2.71 bits per heavy atom. The molecule has 9 nitrogen and oxygen atoms in total. The number of imidazole rings is 1. The van der Waals surface area contributed by atoms with Crippen LogP contribution in [0.1, 0.15) is 36.9 Å². The zero-order valence-electron chi connectivity index (χ0n) is 21.5. The average molecular weight is 547 g/mol. The molecule has 1 saturated carbocycles. The van der Waals surface area contributed by atoms with E-state index in [4.69, 9.17) is 21.3 Å². The minimum Gasteiger partial charge on any atom is -0.481 e. The minimum absolute atomic E-state index is 0.00666. The van der Waals surface area contributed by atoms with Gasteiger partial charge in [-0.25, -0.2) is 9.97 Å². The van der Waals surface area contributed by atoms with Gasteiger partial charge in [0.2, 0.25) is 11.8 Å². The number of ether oxygens (including phenoxy) is 2. The summed E-state index contributed by atoms with van der Waals surface area (Å²) in [5, 5.41) is 3.97. The molecule has 1 spiro atoms. The number of amides is 1. The monoisotopic (exact) mass is 546 g/mol. The van der Waals surface area contributed by atoms with Crippen LogP contribution in [0.4, 0.5) is 14.6 Å². The number of hydrogen-bond acceptors (Lipinski definition) is 7. The van der Waals surface area contributed by atoms with Crippen molar-refractivity contribution in [1.29, 1.82) is 0 Å². The predicted molar refractivity (Wildman–Crippen MR) is 138 cm³/mol. The third-order valence-electron chi connectivity index (χ3n) is 7.47. The van der Waals surface area contributed by atoms with E-state index in [2.05, 4.69) is 20.0 Å². The Hall–Kier alpha value is -3.47. The molecule has 4 heterocycles. The summed E-state index contributed by atoms with van der Waals surface area (Å²) in [6.45, 7) is 1.97. The topological polar surface area (TPSA) is 94.4 Å². The smallest absolute Gasteiger partial charge is 0.389 e. The van der Waals surface area contributed by atoms with E-state index in [-0.39, 0.29) is 23.4 Å². The van der Waals surface area contributed by atoms with Gasteiger partial charge < -0.3 is 24.3 Å². The molecule has 0 bridgehead atoms. The normalized spacial score (nSPS) is 18.6. The molecule has 12 heteroatoms. The molecule has 0 aromatic carbocycles. The molecule has 2 aliphatic rings. The Kier molecular flexibility index (Phi) is 6.89. The predicted octanol–water partition coefficient (Wildman–Crippen LogP) is 4.66. The fourth-order valence-electron chi connectivity index (χ4n) is 5.15. The first kappa shape index (κ1) is 26.1. The van der Waals surface area contributed by atoms with Gasteiger partial charge >= 0.3 is 12.6 Å². The average Bonchev–Trinajstić information content (AvgIpc) is 3.46. The molecule has 0 radical (unpaired) electrons. The van der Waals surface area contributed by atoms with Crippen LogP contribution in [0.15, 0.2) is 30.6 Å². The maximum Gasteiger partial charge on any atom is 0.389 e. The zero-order chi connectivity index (χ0) is 27.2. The SMILES string of the molecule is COc1cc([C@@H](C)C(=O)N2C[C@@H](Nc3ccc(-c4cn(C)c(OC(F)F)n4)c(C)n3)C3(CC3)C2)c(Cl)cn1. The zero-order valence-corrected chi connectivity index (χ0v) is 22.3. The largest absolute Gasteiger partial charge is 0.481 e. The van der Waals surface area contributed by atoms with Crippen LogP contribution in [0.2, 0.25) is 5.02 Å². The number of methoxy groups -OCH3 is 1. The van der Waals surface area contributed by atoms with Gasteiger partial charge in [0.05, 0.1) is 29.8 Å². The van der Waals surface area contributed by atoms with Crippen molar-refractivity contribution in [2.24, 2.45) is 12.5 Å². The van der Waals surface area contributed by atoms with E-state index in [0.717, 1.165) is 18.4 Å². The first-order valence-electron chi connectivity index (χ1n) is 12.3. The molecular weight excluding hydrogens is 518 g/mol. The van der Waals surface area contributed by atoms with Crippen molar-refractivity contribution in [2.45, 2.75) is 45.3 Å². The molecule has 1 aliphatic heterocycles. The lowest BCUT2D eigenvalue weighted by atomic mass is 10.0. The second-order valence-corrected chi connectivity index (χ2v) is 10.4. The van der Waals surface area contributed by atoms with Crippen LogP contribution in [0.5, 0.6) is 11.9 Å². The molecule has 3 aromatic rings. The molecule has 1 saturated heterocycles. The lowest BCUT2D eigenvalue weighted by Gasteiger charge is -2.22. The summed E-state index contributed by atoms with van der Waals surface area (Å²) >= 11 is 6.35. The van der Waals surface area contributed by atoms with Gasteiger partial charge in [-0.3, -0.25) is 4.79 Å². The Bertz CT molecular complexity index is 1360. The highest BCUT2D eigenvalue weighted by Crippen LogP contribution is 2.54. The highest BCUT2D eigenvalue weighted by Gasteiger charge is 2.56. The highest BCUT2D eigenvalue weighted by molar-refractivity contribution is 6.31. The number of alkyl halides is 2. The van der Waals surface area contributed by atoms with Gasteiger partial charge in [-0.15, -0.1) is 0 Å². The van der Waals surface area contributed by atoms with Crippen molar-refractivity contribution in [3.8, 4) is 23.1 Å². The number of anilines is 1. The maximum absolute atomic E-state index is 13.5. The first-order chi connectivity index (χ1) is 18.1. The molecular formula is C26H29ClF2N6O3. The third-order valence-corrected chi connectivity index (χ3v) is 7.79. The van der Waals surface area contributed by atoms with E-state index in [1.807, 2.05) is 30.9 Å². The standard InChI is InChI=1S/C26H29ClF2N6O3/c1-14(17-9-22(37-4)30-10-18(17)27)23(36)35-12-20(26(13-35)7-8-26)33-21-6-5-16(15(2)31-21)19-11-34(3)25(32-19)38-24(28)29/h5-6,9-11,14,20,24H,7-8,12-13H2,1-4H3,(H,31,33)/t14-,20-/m1/s1. The van der Waals surface area contributed by atoms with Crippen LogP contribution in [0.25, 0.3) is 11.3 Å².